The molecule has 0 amide bonds. The monoisotopic (exact) mass is 464 g/mol. The molecule has 1 aromatic rings. The van der Waals surface area contributed by atoms with Gasteiger partial charge in [-0.1, -0.05) is 80.5 Å². The first-order valence-electron chi connectivity index (χ1n) is 12.9. The first-order valence-corrected chi connectivity index (χ1v) is 12.9. The highest BCUT2D eigenvalue weighted by molar-refractivity contribution is 5.69. The molecule has 1 aliphatic carbocycles. The predicted molar refractivity (Wildman–Crippen MR) is 136 cm³/mol. The van der Waals surface area contributed by atoms with Gasteiger partial charge < -0.3 is 14.6 Å². The second kappa shape index (κ2) is 13.5. The zero-order valence-electron chi connectivity index (χ0n) is 20.7. The van der Waals surface area contributed by atoms with E-state index in [0.717, 1.165) is 56.9 Å². The molecule has 1 heterocycles. The molecule has 1 saturated heterocycles. The Kier molecular flexibility index (Phi) is 10.4. The van der Waals surface area contributed by atoms with Crippen molar-refractivity contribution in [1.29, 1.82) is 0 Å². The van der Waals surface area contributed by atoms with Crippen LogP contribution in [0, 0.1) is 29.1 Å². The third kappa shape index (κ3) is 7.32. The van der Waals surface area contributed by atoms with Crippen LogP contribution >= 0.6 is 0 Å². The maximum absolute atomic E-state index is 11.3. The molecule has 2 bridgehead atoms. The van der Waals surface area contributed by atoms with Gasteiger partial charge in [-0.2, -0.15) is 0 Å². The molecule has 0 unspecified atom stereocenters. The Morgan fingerprint density at radius 2 is 2.09 bits per heavy atom. The molecule has 1 aromatic carbocycles. The minimum Gasteiger partial charge on any atom is -0.469 e. The van der Waals surface area contributed by atoms with Crippen LogP contribution in [0.1, 0.15) is 70.3 Å². The normalized spacial score (nSPS) is 26.6. The minimum absolute atomic E-state index is 0.155. The van der Waals surface area contributed by atoms with E-state index in [0.29, 0.717) is 18.9 Å². The average Bonchev–Trinajstić information content (AvgIpc) is 3.41. The molecule has 34 heavy (non-hydrogen) atoms. The number of hydrogen-bond acceptors (Lipinski definition) is 4. The molecular formula is C30H40O4. The van der Waals surface area contributed by atoms with Gasteiger partial charge in [-0.3, -0.25) is 4.79 Å². The Balaban J connectivity index is 1.70. The zero-order valence-corrected chi connectivity index (χ0v) is 20.7. The average molecular weight is 465 g/mol. The van der Waals surface area contributed by atoms with Gasteiger partial charge in [0.15, 0.2) is 0 Å². The molecule has 0 spiro atoms. The van der Waals surface area contributed by atoms with E-state index in [9.17, 15) is 9.90 Å². The molecule has 5 atom stereocenters. The van der Waals surface area contributed by atoms with Crippen molar-refractivity contribution in [2.45, 2.75) is 76.9 Å². The van der Waals surface area contributed by atoms with Crippen molar-refractivity contribution >= 4 is 5.97 Å². The van der Waals surface area contributed by atoms with E-state index < -0.39 is 6.10 Å². The van der Waals surface area contributed by atoms with Crippen LogP contribution in [0.2, 0.25) is 0 Å². The molecule has 2 aliphatic rings. The van der Waals surface area contributed by atoms with Crippen molar-refractivity contribution in [2.75, 3.05) is 13.7 Å². The Bertz CT molecular complexity index is 878. The van der Waals surface area contributed by atoms with E-state index in [1.165, 1.54) is 7.11 Å². The SMILES string of the molecule is CCCCC[C@H](O)C=C[C@@H]1[C@@H]2C[C@@](C#Cc3ccccc3)(CO2)[C@H]1CC=CCCCC(=O)OC. The summed E-state index contributed by atoms with van der Waals surface area (Å²) < 4.78 is 10.9. The van der Waals surface area contributed by atoms with Gasteiger partial charge in [-0.25, -0.2) is 0 Å². The summed E-state index contributed by atoms with van der Waals surface area (Å²) in [6.45, 7) is 2.85. The van der Waals surface area contributed by atoms with Crippen LogP contribution in [0.15, 0.2) is 54.6 Å². The number of carbonyl (C=O) groups is 1. The van der Waals surface area contributed by atoms with E-state index in [-0.39, 0.29) is 23.4 Å². The molecule has 3 rings (SSSR count). The molecule has 0 aromatic heterocycles. The van der Waals surface area contributed by atoms with Crippen molar-refractivity contribution in [3.63, 3.8) is 0 Å². The number of ether oxygens (including phenoxy) is 2. The molecule has 4 nitrogen and oxygen atoms in total. The van der Waals surface area contributed by atoms with Crippen molar-refractivity contribution in [3.05, 3.63) is 60.2 Å². The standard InChI is InChI=1S/C30H40O4/c1-3-4-8-15-25(31)18-19-26-27(16-11-5-6-12-17-29(32)33-2)30(22-28(26)34-23-30)21-20-24-13-9-7-10-14-24/h5,7,9-11,13-14,18-19,25-28,31H,3-4,6,8,12,15-17,22-23H2,1-2H3/t25-,26-,27-,28-,30-/m0/s1. The number of hydrogen-bond donors (Lipinski definition) is 1. The summed E-state index contributed by atoms with van der Waals surface area (Å²) in [4.78, 5) is 11.3. The number of methoxy groups -OCH3 is 1. The summed E-state index contributed by atoms with van der Waals surface area (Å²) in [6.07, 6.45) is 16.5. The van der Waals surface area contributed by atoms with Gasteiger partial charge in [0.25, 0.3) is 0 Å². The number of rotatable bonds is 12. The summed E-state index contributed by atoms with van der Waals surface area (Å²) in [5.74, 6) is 7.47. The van der Waals surface area contributed by atoms with Gasteiger partial charge in [0, 0.05) is 17.9 Å². The number of unbranched alkanes of at least 4 members (excludes halogenated alkanes) is 3. The second-order valence-corrected chi connectivity index (χ2v) is 9.63. The Morgan fingerprint density at radius 1 is 1.26 bits per heavy atom. The Morgan fingerprint density at radius 3 is 2.85 bits per heavy atom. The van der Waals surface area contributed by atoms with Crippen LogP contribution < -0.4 is 0 Å². The van der Waals surface area contributed by atoms with Crippen molar-refractivity contribution < 1.29 is 19.4 Å². The van der Waals surface area contributed by atoms with Gasteiger partial charge >= 0.3 is 5.97 Å². The van der Waals surface area contributed by atoms with Gasteiger partial charge in [0.05, 0.1) is 31.3 Å². The molecular weight excluding hydrogens is 424 g/mol. The molecule has 1 saturated carbocycles. The van der Waals surface area contributed by atoms with E-state index in [1.807, 2.05) is 36.4 Å². The minimum atomic E-state index is -0.397. The number of carbonyl (C=O) groups excluding carboxylic acids is 1. The highest BCUT2D eigenvalue weighted by atomic mass is 16.5. The summed E-state index contributed by atoms with van der Waals surface area (Å²) in [5.41, 5.74) is 0.863. The third-order valence-electron chi connectivity index (χ3n) is 7.15. The first kappa shape index (κ1) is 26.3. The zero-order chi connectivity index (χ0) is 24.2. The molecule has 4 heteroatoms. The van der Waals surface area contributed by atoms with Crippen molar-refractivity contribution in [2.24, 2.45) is 17.3 Å². The number of fused-ring (bicyclic) bond motifs is 2. The molecule has 0 radical (unpaired) electrons. The fraction of sp³-hybridized carbons (Fsp3) is 0.567. The molecule has 1 N–H and O–H groups in total. The predicted octanol–water partition coefficient (Wildman–Crippen LogP) is 5.85. The van der Waals surface area contributed by atoms with Gasteiger partial charge in [0.1, 0.15) is 0 Å². The number of esters is 1. The van der Waals surface area contributed by atoms with Crippen LogP contribution in [0.4, 0.5) is 0 Å². The van der Waals surface area contributed by atoms with Gasteiger partial charge in [-0.05, 0) is 50.2 Å². The fourth-order valence-corrected chi connectivity index (χ4v) is 5.19. The van der Waals surface area contributed by atoms with Gasteiger partial charge in [0.2, 0.25) is 0 Å². The highest BCUT2D eigenvalue weighted by Gasteiger charge is 2.57. The van der Waals surface area contributed by atoms with E-state index in [1.54, 1.807) is 0 Å². The topological polar surface area (TPSA) is 55.8 Å². The van der Waals surface area contributed by atoms with Crippen molar-refractivity contribution in [1.82, 2.24) is 0 Å². The summed E-state index contributed by atoms with van der Waals surface area (Å²) in [7, 11) is 1.43. The smallest absolute Gasteiger partial charge is 0.305 e. The van der Waals surface area contributed by atoms with Crippen LogP contribution in [-0.4, -0.2) is 37.0 Å². The van der Waals surface area contributed by atoms with E-state index in [2.05, 4.69) is 37.0 Å². The Labute approximate surface area is 205 Å². The second-order valence-electron chi connectivity index (χ2n) is 9.63. The highest BCUT2D eigenvalue weighted by Crippen LogP contribution is 2.55. The molecule has 2 fully saturated rings. The quantitative estimate of drug-likeness (QED) is 0.183. The molecule has 1 aliphatic heterocycles. The van der Waals surface area contributed by atoms with E-state index in [4.69, 9.17) is 9.47 Å². The lowest BCUT2D eigenvalue weighted by Crippen LogP contribution is -2.35. The largest absolute Gasteiger partial charge is 0.469 e. The van der Waals surface area contributed by atoms with Crippen LogP contribution in [0.3, 0.4) is 0 Å². The molecule has 184 valence electrons. The maximum atomic E-state index is 11.3. The lowest BCUT2D eigenvalue weighted by Gasteiger charge is -2.34. The first-order chi connectivity index (χ1) is 16.6. The lowest BCUT2D eigenvalue weighted by atomic mass is 9.73. The Hall–Kier alpha value is -2.35. The lowest BCUT2D eigenvalue weighted by molar-refractivity contribution is -0.140. The van der Waals surface area contributed by atoms with Crippen molar-refractivity contribution in [3.8, 4) is 11.8 Å². The van der Waals surface area contributed by atoms with Crippen LogP contribution in [0.25, 0.3) is 0 Å². The number of aliphatic hydroxyl groups is 1. The third-order valence-corrected chi connectivity index (χ3v) is 7.15. The summed E-state index contributed by atoms with van der Waals surface area (Å²) in [5, 5.41) is 10.4. The fourth-order valence-electron chi connectivity index (χ4n) is 5.19. The number of benzene rings is 1. The summed E-state index contributed by atoms with van der Waals surface area (Å²) >= 11 is 0. The number of allylic oxidation sites excluding steroid dienone is 2. The summed E-state index contributed by atoms with van der Waals surface area (Å²) in [6, 6.07) is 10.1. The van der Waals surface area contributed by atoms with Crippen LogP contribution in [-0.2, 0) is 14.3 Å². The number of aliphatic hydroxyl groups excluding tert-OH is 1. The van der Waals surface area contributed by atoms with Crippen LogP contribution in [0.5, 0.6) is 0 Å². The van der Waals surface area contributed by atoms with Gasteiger partial charge in [-0.15, -0.1) is 0 Å². The van der Waals surface area contributed by atoms with E-state index >= 15 is 0 Å². The maximum Gasteiger partial charge on any atom is 0.305 e.